The first kappa shape index (κ1) is 40.7. The molecule has 5 aromatic rings. The number of carbonyl (C=O) groups excluding carboxylic acids is 4. The number of aromatic nitrogens is 5. The van der Waals surface area contributed by atoms with Gasteiger partial charge in [-0.2, -0.15) is 4.98 Å². The molecule has 3 N–H and O–H groups in total. The number of ether oxygens (including phenoxy) is 1. The van der Waals surface area contributed by atoms with Gasteiger partial charge in [-0.15, -0.1) is 6.58 Å². The van der Waals surface area contributed by atoms with Crippen molar-refractivity contribution in [2.24, 2.45) is 0 Å². The molecule has 17 nitrogen and oxygen atoms in total. The Morgan fingerprint density at radius 2 is 1.74 bits per heavy atom. The van der Waals surface area contributed by atoms with Crippen molar-refractivity contribution in [3.05, 3.63) is 106 Å². The monoisotopic (exact) mass is 840 g/mol. The molecule has 0 bridgehead atoms. The summed E-state index contributed by atoms with van der Waals surface area (Å²) >= 11 is 0. The van der Waals surface area contributed by atoms with Crippen LogP contribution in [0.5, 0.6) is 5.75 Å². The molecular formula is C45H48N10O7. The van der Waals surface area contributed by atoms with Crippen molar-refractivity contribution in [1.82, 2.24) is 39.4 Å². The van der Waals surface area contributed by atoms with Crippen molar-refractivity contribution in [1.29, 1.82) is 0 Å². The number of aryl methyl sites for hydroxylation is 1. The topological polar surface area (TPSA) is 197 Å². The average molecular weight is 841 g/mol. The highest BCUT2D eigenvalue weighted by Gasteiger charge is 2.45. The quantitative estimate of drug-likeness (QED) is 0.0830. The Morgan fingerprint density at radius 1 is 0.952 bits per heavy atom. The Balaban J connectivity index is 0.764. The number of hydrogen-bond donors (Lipinski definition) is 3. The zero-order valence-electron chi connectivity index (χ0n) is 34.5. The number of rotatable bonds is 14. The van der Waals surface area contributed by atoms with Crippen LogP contribution < -0.4 is 25.8 Å². The maximum Gasteiger partial charge on any atom is 0.278 e. The number of aliphatic hydroxyl groups is 1. The summed E-state index contributed by atoms with van der Waals surface area (Å²) in [6.07, 6.45) is 7.01. The summed E-state index contributed by atoms with van der Waals surface area (Å²) in [5.74, 6) is -0.834. The molecule has 0 saturated carbocycles. The normalized spacial score (nSPS) is 20.1. The van der Waals surface area contributed by atoms with Crippen LogP contribution in [0.3, 0.4) is 0 Å². The van der Waals surface area contributed by atoms with Crippen LogP contribution in [0, 0.1) is 0 Å². The summed E-state index contributed by atoms with van der Waals surface area (Å²) in [4.78, 5) is 83.4. The molecule has 9 rings (SSSR count). The molecule has 3 aromatic heterocycles. The van der Waals surface area contributed by atoms with Gasteiger partial charge < -0.3 is 20.1 Å². The lowest BCUT2D eigenvalue weighted by atomic mass is 9.98. The number of unbranched alkanes of at least 4 members (excludes halogenated alkanes) is 1. The van der Waals surface area contributed by atoms with Gasteiger partial charge in [-0.05, 0) is 99.2 Å². The highest BCUT2D eigenvalue weighted by molar-refractivity contribution is 6.23. The second-order valence-corrected chi connectivity index (χ2v) is 16.2. The third-order valence-electron chi connectivity index (χ3n) is 12.4. The Labute approximate surface area is 357 Å². The lowest BCUT2D eigenvalue weighted by Gasteiger charge is -2.36. The highest BCUT2D eigenvalue weighted by atomic mass is 16.5. The maximum atomic E-state index is 13.5. The molecule has 2 fully saturated rings. The van der Waals surface area contributed by atoms with Crippen LogP contribution in [-0.2, 0) is 28.2 Å². The number of benzene rings is 2. The number of anilines is 3. The molecule has 2 aromatic carbocycles. The van der Waals surface area contributed by atoms with Crippen molar-refractivity contribution in [3.8, 4) is 11.6 Å². The number of amides is 4. The third kappa shape index (κ3) is 7.51. The number of fused-ring (bicyclic) bond motifs is 3. The summed E-state index contributed by atoms with van der Waals surface area (Å²) in [6, 6.07) is 15.7. The van der Waals surface area contributed by atoms with E-state index in [4.69, 9.17) is 14.7 Å². The molecule has 4 amide bonds. The standard InChI is InChI=1S/C45H48N10O7/c1-3-19-53-41(58)34-27-46-44(50-39(34)55(53)36-15-7-28-17-18-45(61,4-2)38(28)48-36)47-29-8-10-30(11-9-29)52-23-21-51(22-24-52)20-5-6-25-62-31-12-13-32-33(26-31)43(60)54(42(32)59)35-14-16-37(56)49-40(35)57/h3,7-13,15,26-27,35,61H,1,4-6,14,16-25H2,2H3,(H,46,47,50)(H,49,56,57)/t35?,45-/m1/s1. The smallest absolute Gasteiger partial charge is 0.278 e. The molecular weight excluding hydrogens is 793 g/mol. The zero-order valence-corrected chi connectivity index (χ0v) is 34.5. The molecule has 2 atom stereocenters. The Hall–Kier alpha value is -6.72. The number of imide groups is 2. The fourth-order valence-electron chi connectivity index (χ4n) is 8.89. The van der Waals surface area contributed by atoms with Gasteiger partial charge in [-0.3, -0.25) is 39.1 Å². The van der Waals surface area contributed by atoms with E-state index in [0.717, 1.165) is 73.8 Å². The first-order valence-corrected chi connectivity index (χ1v) is 21.2. The van der Waals surface area contributed by atoms with Crippen LogP contribution in [0.15, 0.2) is 78.2 Å². The van der Waals surface area contributed by atoms with Gasteiger partial charge in [0.05, 0.1) is 30.0 Å². The average Bonchev–Trinajstić information content (AvgIpc) is 3.85. The minimum Gasteiger partial charge on any atom is -0.494 e. The van der Waals surface area contributed by atoms with Gasteiger partial charge >= 0.3 is 0 Å². The molecule has 4 aliphatic rings. The molecule has 62 heavy (non-hydrogen) atoms. The van der Waals surface area contributed by atoms with Crippen molar-refractivity contribution < 1.29 is 29.0 Å². The Morgan fingerprint density at radius 3 is 2.50 bits per heavy atom. The Kier molecular flexibility index (Phi) is 10.9. The van der Waals surface area contributed by atoms with Crippen LogP contribution in [-0.4, -0.2) is 108 Å². The lowest BCUT2D eigenvalue weighted by Crippen LogP contribution is -2.54. The molecule has 0 spiro atoms. The molecule has 1 aliphatic carbocycles. The molecule has 1 unspecified atom stereocenters. The molecule has 0 radical (unpaired) electrons. The summed E-state index contributed by atoms with van der Waals surface area (Å²) in [7, 11) is 0. The minimum absolute atomic E-state index is 0.0704. The summed E-state index contributed by atoms with van der Waals surface area (Å²) in [5.41, 5.74) is 3.13. The maximum absolute atomic E-state index is 13.5. The second kappa shape index (κ2) is 16.6. The highest BCUT2D eigenvalue weighted by Crippen LogP contribution is 2.38. The van der Waals surface area contributed by atoms with Crippen molar-refractivity contribution >= 4 is 52.0 Å². The van der Waals surface area contributed by atoms with Gasteiger partial charge in [0.2, 0.25) is 17.8 Å². The van der Waals surface area contributed by atoms with Gasteiger partial charge in [0, 0.05) is 50.2 Å². The molecule has 3 aliphatic heterocycles. The van der Waals surface area contributed by atoms with E-state index in [2.05, 4.69) is 44.1 Å². The van der Waals surface area contributed by atoms with Crippen LogP contribution in [0.4, 0.5) is 17.3 Å². The minimum atomic E-state index is -1.01. The van der Waals surface area contributed by atoms with Gasteiger partial charge in [-0.1, -0.05) is 19.1 Å². The van der Waals surface area contributed by atoms with E-state index in [1.54, 1.807) is 29.0 Å². The van der Waals surface area contributed by atoms with Gasteiger partial charge in [0.1, 0.15) is 22.8 Å². The number of nitrogens with zero attached hydrogens (tertiary/aromatic N) is 8. The third-order valence-corrected chi connectivity index (χ3v) is 12.4. The van der Waals surface area contributed by atoms with E-state index in [0.29, 0.717) is 53.7 Å². The van der Waals surface area contributed by atoms with Crippen LogP contribution >= 0.6 is 0 Å². The van der Waals surface area contributed by atoms with Gasteiger partial charge in [-0.25, -0.2) is 19.3 Å². The van der Waals surface area contributed by atoms with Crippen molar-refractivity contribution in [2.75, 3.05) is 49.5 Å². The largest absolute Gasteiger partial charge is 0.494 e. The van der Waals surface area contributed by atoms with E-state index < -0.39 is 35.3 Å². The van der Waals surface area contributed by atoms with E-state index >= 15 is 0 Å². The number of hydrogen-bond acceptors (Lipinski definition) is 13. The van der Waals surface area contributed by atoms with Crippen LogP contribution in [0.2, 0.25) is 0 Å². The van der Waals surface area contributed by atoms with Crippen LogP contribution in [0.1, 0.15) is 77.4 Å². The summed E-state index contributed by atoms with van der Waals surface area (Å²) in [6.45, 7) is 11.0. The number of nitrogens with one attached hydrogen (secondary N) is 2. The number of carbonyl (C=O) groups is 4. The van der Waals surface area contributed by atoms with Crippen LogP contribution in [0.25, 0.3) is 16.9 Å². The predicted molar refractivity (Wildman–Crippen MR) is 230 cm³/mol. The lowest BCUT2D eigenvalue weighted by molar-refractivity contribution is -0.136. The first-order chi connectivity index (χ1) is 30.0. The molecule has 2 saturated heterocycles. The summed E-state index contributed by atoms with van der Waals surface area (Å²) in [5, 5.41) is 17.1. The van der Waals surface area contributed by atoms with E-state index in [1.165, 1.54) is 10.9 Å². The molecule has 320 valence electrons. The number of allylic oxidation sites excluding steroid dienone is 1. The first-order valence-electron chi connectivity index (χ1n) is 21.2. The van der Waals surface area contributed by atoms with Gasteiger partial charge in [0.25, 0.3) is 17.4 Å². The van der Waals surface area contributed by atoms with E-state index in [1.807, 2.05) is 31.2 Å². The Bertz CT molecular complexity index is 2670. The SMILES string of the molecule is C=CCn1c(=O)c2cnc(Nc3ccc(N4CCN(CCCCOc5ccc6c(c5)C(=O)N(C5CCC(=O)NC5=O)C6=O)CC4)cc3)nc2n1-c1ccc2c(n1)[C@@](O)(CC)CC2. The number of piperidine rings is 1. The zero-order chi connectivity index (χ0) is 43.1. The predicted octanol–water partition coefficient (Wildman–Crippen LogP) is 3.83. The number of piperazine rings is 1. The number of pyridine rings is 1. The van der Waals surface area contributed by atoms with Crippen molar-refractivity contribution in [3.63, 3.8) is 0 Å². The fourth-order valence-corrected chi connectivity index (χ4v) is 8.89. The second-order valence-electron chi connectivity index (χ2n) is 16.2. The van der Waals surface area contributed by atoms with Crippen molar-refractivity contribution in [2.45, 2.75) is 70.1 Å². The molecule has 17 heteroatoms. The van der Waals surface area contributed by atoms with Gasteiger partial charge in [0.15, 0.2) is 11.5 Å². The molecule has 6 heterocycles. The van der Waals surface area contributed by atoms with E-state index in [-0.39, 0.29) is 36.1 Å². The fraction of sp³-hybridized carbons (Fsp3) is 0.378. The van der Waals surface area contributed by atoms with E-state index in [9.17, 15) is 29.1 Å². The summed E-state index contributed by atoms with van der Waals surface area (Å²) < 4.78 is 9.16.